The Kier molecular flexibility index (Phi) is 7.12. The van der Waals surface area contributed by atoms with Gasteiger partial charge in [0.15, 0.2) is 23.0 Å². The summed E-state index contributed by atoms with van der Waals surface area (Å²) in [5, 5.41) is 10.9. The highest BCUT2D eigenvalue weighted by Crippen LogP contribution is 2.45. The van der Waals surface area contributed by atoms with Crippen molar-refractivity contribution in [3.05, 3.63) is 35.4 Å². The minimum atomic E-state index is -0.289. The zero-order chi connectivity index (χ0) is 21.7. The van der Waals surface area contributed by atoms with Crippen LogP contribution in [0.25, 0.3) is 0 Å². The zero-order valence-electron chi connectivity index (χ0n) is 18.1. The van der Waals surface area contributed by atoms with Crippen LogP contribution in [0.4, 0.5) is 0 Å². The molecule has 8 nitrogen and oxygen atoms in total. The quantitative estimate of drug-likeness (QED) is 0.700. The van der Waals surface area contributed by atoms with E-state index in [-0.39, 0.29) is 11.8 Å². The van der Waals surface area contributed by atoms with Crippen LogP contribution in [0.2, 0.25) is 0 Å². The van der Waals surface area contributed by atoms with E-state index in [0.717, 1.165) is 5.56 Å². The number of hydrogen-bond donors (Lipinski definition) is 1. The van der Waals surface area contributed by atoms with Gasteiger partial charge in [0, 0.05) is 24.7 Å². The summed E-state index contributed by atoms with van der Waals surface area (Å²) < 4.78 is 32.9. The fraction of sp³-hybridized carbons (Fsp3) is 0.455. The predicted molar refractivity (Wildman–Crippen MR) is 112 cm³/mol. The van der Waals surface area contributed by atoms with Crippen molar-refractivity contribution in [3.63, 3.8) is 0 Å². The van der Waals surface area contributed by atoms with Crippen LogP contribution in [0.1, 0.15) is 17.2 Å². The van der Waals surface area contributed by atoms with E-state index in [1.807, 2.05) is 12.1 Å². The average molecular weight is 419 g/mol. The van der Waals surface area contributed by atoms with Crippen LogP contribution in [0.3, 0.4) is 0 Å². The van der Waals surface area contributed by atoms with Crippen LogP contribution < -0.4 is 23.7 Å². The van der Waals surface area contributed by atoms with Gasteiger partial charge in [0.1, 0.15) is 5.75 Å². The van der Waals surface area contributed by atoms with E-state index in [4.69, 9.17) is 28.4 Å². The van der Waals surface area contributed by atoms with Crippen LogP contribution in [-0.4, -0.2) is 71.9 Å². The van der Waals surface area contributed by atoms with E-state index >= 15 is 0 Å². The monoisotopic (exact) mass is 419 g/mol. The molecule has 0 bridgehead atoms. The first kappa shape index (κ1) is 21.9. The number of rotatable bonds is 8. The van der Waals surface area contributed by atoms with Gasteiger partial charge in [-0.1, -0.05) is 0 Å². The molecule has 30 heavy (non-hydrogen) atoms. The van der Waals surface area contributed by atoms with Crippen LogP contribution >= 0.6 is 0 Å². The number of methoxy groups -OCH3 is 5. The van der Waals surface area contributed by atoms with E-state index in [1.165, 1.54) is 7.11 Å². The van der Waals surface area contributed by atoms with Crippen molar-refractivity contribution >= 4 is 0 Å². The van der Waals surface area contributed by atoms with Crippen molar-refractivity contribution in [3.8, 4) is 34.5 Å². The van der Waals surface area contributed by atoms with Crippen molar-refractivity contribution in [2.45, 2.75) is 6.04 Å². The Morgan fingerprint density at radius 2 is 1.30 bits per heavy atom. The Morgan fingerprint density at radius 1 is 0.767 bits per heavy atom. The maximum atomic E-state index is 10.9. The molecule has 1 heterocycles. The first-order valence-electron chi connectivity index (χ1n) is 9.64. The molecule has 0 saturated carbocycles. The smallest absolute Gasteiger partial charge is 0.203 e. The first-order valence-corrected chi connectivity index (χ1v) is 9.64. The first-order chi connectivity index (χ1) is 14.6. The number of hydrogen-bond acceptors (Lipinski definition) is 8. The number of benzene rings is 2. The van der Waals surface area contributed by atoms with E-state index in [9.17, 15) is 5.11 Å². The van der Waals surface area contributed by atoms with E-state index in [1.54, 1.807) is 40.6 Å². The van der Waals surface area contributed by atoms with Crippen LogP contribution in [0.15, 0.2) is 24.3 Å². The zero-order valence-corrected chi connectivity index (χ0v) is 18.1. The van der Waals surface area contributed by atoms with E-state index < -0.39 is 0 Å². The number of nitrogens with zero attached hydrogens (tertiary/aromatic N) is 1. The molecule has 1 aliphatic heterocycles. The summed E-state index contributed by atoms with van der Waals surface area (Å²) in [6, 6.07) is 6.88. The Bertz CT molecular complexity index is 840. The summed E-state index contributed by atoms with van der Waals surface area (Å²) in [5.74, 6) is 2.72. The lowest BCUT2D eigenvalue weighted by atomic mass is 9.94. The summed E-state index contributed by atoms with van der Waals surface area (Å²) in [6.45, 7) is 2.62. The maximum absolute atomic E-state index is 10.9. The van der Waals surface area contributed by atoms with Gasteiger partial charge in [-0.25, -0.2) is 0 Å². The molecular weight excluding hydrogens is 390 g/mol. The third-order valence-electron chi connectivity index (χ3n) is 5.24. The van der Waals surface area contributed by atoms with E-state index in [2.05, 4.69) is 4.90 Å². The molecule has 1 aliphatic rings. The molecule has 0 spiro atoms. The van der Waals surface area contributed by atoms with E-state index in [0.29, 0.717) is 60.6 Å². The Hall–Kier alpha value is -2.84. The highest BCUT2D eigenvalue weighted by atomic mass is 16.5. The topological polar surface area (TPSA) is 78.9 Å². The summed E-state index contributed by atoms with van der Waals surface area (Å²) in [4.78, 5) is 2.24. The number of phenols is 1. The van der Waals surface area contributed by atoms with Crippen molar-refractivity contribution in [1.29, 1.82) is 0 Å². The number of aromatic hydroxyl groups is 1. The molecule has 2 aromatic carbocycles. The SMILES string of the molecule is COc1cc(O)c(C(c2cc(OC)c(OC)c(OC)c2)N2CCOCC2)cc1OC. The third kappa shape index (κ3) is 4.20. The molecule has 1 atom stereocenters. The Balaban J connectivity index is 2.20. The van der Waals surface area contributed by atoms with Gasteiger partial charge in [0.25, 0.3) is 0 Å². The molecule has 0 amide bonds. The second-order valence-corrected chi connectivity index (χ2v) is 6.78. The third-order valence-corrected chi connectivity index (χ3v) is 5.24. The Labute approximate surface area is 176 Å². The molecule has 0 aliphatic carbocycles. The molecule has 8 heteroatoms. The maximum Gasteiger partial charge on any atom is 0.203 e. The van der Waals surface area contributed by atoms with Gasteiger partial charge in [-0.2, -0.15) is 0 Å². The lowest BCUT2D eigenvalue weighted by molar-refractivity contribution is 0.0234. The normalized spacial score (nSPS) is 15.4. The minimum Gasteiger partial charge on any atom is -0.507 e. The molecule has 2 aromatic rings. The second-order valence-electron chi connectivity index (χ2n) is 6.78. The van der Waals surface area contributed by atoms with Gasteiger partial charge in [-0.15, -0.1) is 0 Å². The molecule has 0 radical (unpaired) electrons. The minimum absolute atomic E-state index is 0.109. The highest BCUT2D eigenvalue weighted by molar-refractivity contribution is 5.58. The number of ether oxygens (including phenoxy) is 6. The molecule has 164 valence electrons. The van der Waals surface area contributed by atoms with Crippen LogP contribution in [0, 0.1) is 0 Å². The second kappa shape index (κ2) is 9.77. The highest BCUT2D eigenvalue weighted by Gasteiger charge is 2.30. The number of morpholine rings is 1. The van der Waals surface area contributed by atoms with Gasteiger partial charge in [0.2, 0.25) is 5.75 Å². The van der Waals surface area contributed by atoms with Crippen molar-refractivity contribution in [2.75, 3.05) is 61.9 Å². The molecule has 3 rings (SSSR count). The molecule has 1 saturated heterocycles. The van der Waals surface area contributed by atoms with Crippen LogP contribution in [0.5, 0.6) is 34.5 Å². The van der Waals surface area contributed by atoms with Crippen molar-refractivity contribution in [1.82, 2.24) is 4.90 Å². The Morgan fingerprint density at radius 3 is 1.80 bits per heavy atom. The molecule has 1 N–H and O–H groups in total. The standard InChI is InChI=1S/C22H29NO7/c1-25-17-12-15(16(24)13-18(17)26-2)21(23-6-8-30-9-7-23)14-10-19(27-3)22(29-5)20(11-14)28-4/h10-13,21,24H,6-9H2,1-5H3. The summed E-state index contributed by atoms with van der Waals surface area (Å²) >= 11 is 0. The lowest BCUT2D eigenvalue weighted by Gasteiger charge is -2.36. The molecular formula is C22H29NO7. The largest absolute Gasteiger partial charge is 0.507 e. The predicted octanol–water partition coefficient (Wildman–Crippen LogP) is 2.86. The number of phenolic OH excluding ortho intramolecular Hbond substituents is 1. The van der Waals surface area contributed by atoms with Gasteiger partial charge in [-0.3, -0.25) is 4.90 Å². The fourth-order valence-electron chi connectivity index (χ4n) is 3.78. The molecule has 1 unspecified atom stereocenters. The summed E-state index contributed by atoms with van der Waals surface area (Å²) in [6.07, 6.45) is 0. The van der Waals surface area contributed by atoms with Crippen LogP contribution in [-0.2, 0) is 4.74 Å². The molecule has 0 aromatic heterocycles. The lowest BCUT2D eigenvalue weighted by Crippen LogP contribution is -2.39. The average Bonchev–Trinajstić information content (AvgIpc) is 2.79. The molecule has 1 fully saturated rings. The van der Waals surface area contributed by atoms with Gasteiger partial charge in [0.05, 0.1) is 54.8 Å². The summed E-state index contributed by atoms with van der Waals surface area (Å²) in [7, 11) is 7.84. The van der Waals surface area contributed by atoms with Gasteiger partial charge >= 0.3 is 0 Å². The fourth-order valence-corrected chi connectivity index (χ4v) is 3.78. The van der Waals surface area contributed by atoms with Gasteiger partial charge < -0.3 is 33.5 Å². The van der Waals surface area contributed by atoms with Gasteiger partial charge in [-0.05, 0) is 23.8 Å². The van der Waals surface area contributed by atoms with Crippen molar-refractivity contribution < 1.29 is 33.5 Å². The van der Waals surface area contributed by atoms with Crippen molar-refractivity contribution in [2.24, 2.45) is 0 Å². The summed E-state index contributed by atoms with van der Waals surface area (Å²) in [5.41, 5.74) is 1.57.